The van der Waals surface area contributed by atoms with E-state index in [1.165, 1.54) is 37.8 Å². The highest BCUT2D eigenvalue weighted by Gasteiger charge is 2.30. The number of benzene rings is 2. The largest absolute Gasteiger partial charge is 0.478 e. The highest BCUT2D eigenvalue weighted by Crippen LogP contribution is 2.32. The second-order valence-corrected chi connectivity index (χ2v) is 8.56. The summed E-state index contributed by atoms with van der Waals surface area (Å²) in [5.74, 6) is -0.875. The fourth-order valence-electron chi connectivity index (χ4n) is 3.24. The summed E-state index contributed by atoms with van der Waals surface area (Å²) in [6.07, 6.45) is 4.93. The normalized spacial score (nSPS) is 11.9. The topological polar surface area (TPSA) is 76.7 Å². The lowest BCUT2D eigenvalue weighted by atomic mass is 10.0. The Hall–Kier alpha value is -3.06. The van der Waals surface area contributed by atoms with E-state index in [1.807, 2.05) is 32.2 Å². The van der Waals surface area contributed by atoms with Crippen LogP contribution in [0.25, 0.3) is 17.0 Å². The van der Waals surface area contributed by atoms with Gasteiger partial charge in [0.05, 0.1) is 5.56 Å². The van der Waals surface area contributed by atoms with E-state index in [9.17, 15) is 19.1 Å². The van der Waals surface area contributed by atoms with Gasteiger partial charge in [-0.3, -0.25) is 4.79 Å². The third-order valence-corrected chi connectivity index (χ3v) is 5.68. The number of allylic oxidation sites excluding steroid dienone is 1. The van der Waals surface area contributed by atoms with E-state index in [4.69, 9.17) is 9.15 Å². The van der Waals surface area contributed by atoms with Crippen LogP contribution in [0.1, 0.15) is 40.9 Å². The summed E-state index contributed by atoms with van der Waals surface area (Å²) in [6.45, 7) is 6.61. The molecule has 3 aromatic rings. The Balaban J connectivity index is 1.90. The molecule has 1 heterocycles. The van der Waals surface area contributed by atoms with Crippen LogP contribution < -0.4 is 4.74 Å². The fraction of sp³-hybridized carbons (Fsp3) is 0.250. The van der Waals surface area contributed by atoms with Gasteiger partial charge in [0.15, 0.2) is 11.4 Å². The van der Waals surface area contributed by atoms with Crippen molar-refractivity contribution in [2.45, 2.75) is 38.2 Å². The van der Waals surface area contributed by atoms with Gasteiger partial charge in [-0.25, -0.2) is 4.79 Å². The Morgan fingerprint density at radius 2 is 1.81 bits per heavy atom. The first-order chi connectivity index (χ1) is 14.5. The van der Waals surface area contributed by atoms with Crippen LogP contribution in [-0.2, 0) is 4.79 Å². The van der Waals surface area contributed by atoms with E-state index in [1.54, 1.807) is 18.2 Å². The summed E-state index contributed by atoms with van der Waals surface area (Å²) in [5.41, 5.74) is 1.40. The number of thioether (sulfide) groups is 1. The van der Waals surface area contributed by atoms with Crippen molar-refractivity contribution in [2.24, 2.45) is 0 Å². The van der Waals surface area contributed by atoms with E-state index in [-0.39, 0.29) is 16.9 Å². The first kappa shape index (κ1) is 22.6. The van der Waals surface area contributed by atoms with Gasteiger partial charge < -0.3 is 14.3 Å². The number of carboxylic acid groups (broad SMARTS) is 1. The summed E-state index contributed by atoms with van der Waals surface area (Å²) in [7, 11) is 0. The van der Waals surface area contributed by atoms with Crippen molar-refractivity contribution in [3.63, 3.8) is 0 Å². The molecule has 0 aliphatic carbocycles. The van der Waals surface area contributed by atoms with Crippen LogP contribution in [0.4, 0.5) is 4.39 Å². The van der Waals surface area contributed by atoms with E-state index in [2.05, 4.69) is 0 Å². The number of hydrogen-bond acceptors (Lipinski definition) is 5. The number of carboxylic acids is 1. The number of ketones is 1. The number of aryl methyl sites for hydroxylation is 2. The van der Waals surface area contributed by atoms with Crippen molar-refractivity contribution in [3.8, 4) is 5.75 Å². The lowest BCUT2D eigenvalue weighted by Crippen LogP contribution is -2.38. The van der Waals surface area contributed by atoms with Gasteiger partial charge in [-0.1, -0.05) is 6.08 Å². The number of furan rings is 1. The van der Waals surface area contributed by atoms with Crippen LogP contribution >= 0.6 is 11.8 Å². The Bertz CT molecular complexity index is 1180. The summed E-state index contributed by atoms with van der Waals surface area (Å²) >= 11 is 1.45. The Morgan fingerprint density at radius 1 is 1.16 bits per heavy atom. The lowest BCUT2D eigenvalue weighted by Gasteiger charge is -2.24. The molecule has 3 rings (SSSR count). The average Bonchev–Trinajstić information content (AvgIpc) is 3.09. The molecule has 0 amide bonds. The second-order valence-electron chi connectivity index (χ2n) is 7.71. The van der Waals surface area contributed by atoms with Crippen LogP contribution in [0.5, 0.6) is 5.75 Å². The van der Waals surface area contributed by atoms with Crippen molar-refractivity contribution < 1.29 is 28.2 Å². The third-order valence-electron chi connectivity index (χ3n) is 4.88. The fourth-order valence-corrected chi connectivity index (χ4v) is 3.82. The minimum Gasteiger partial charge on any atom is -0.478 e. The van der Waals surface area contributed by atoms with E-state index >= 15 is 0 Å². The van der Waals surface area contributed by atoms with E-state index < -0.39 is 17.6 Å². The molecule has 0 aliphatic heterocycles. The number of rotatable bonds is 7. The molecule has 1 aromatic heterocycles. The minimum absolute atomic E-state index is 0.228. The first-order valence-electron chi connectivity index (χ1n) is 9.55. The zero-order chi connectivity index (χ0) is 22.9. The lowest BCUT2D eigenvalue weighted by molar-refractivity contribution is -0.152. The quantitative estimate of drug-likeness (QED) is 0.273. The first-order valence-corrected chi connectivity index (χ1v) is 10.8. The maximum Gasteiger partial charge on any atom is 0.347 e. The molecule has 0 saturated heterocycles. The van der Waals surface area contributed by atoms with Crippen molar-refractivity contribution in [1.29, 1.82) is 0 Å². The van der Waals surface area contributed by atoms with Crippen molar-refractivity contribution in [3.05, 3.63) is 64.7 Å². The number of ether oxygens (including phenoxy) is 1. The van der Waals surface area contributed by atoms with E-state index in [0.29, 0.717) is 11.1 Å². The Labute approximate surface area is 183 Å². The SMILES string of the molecule is CSc1ccc(C(=O)/C=C/c2cc(C)c(OC(C)(C)C(=O)O)c(C)c2)c2oc(F)cc12. The van der Waals surface area contributed by atoms with E-state index in [0.717, 1.165) is 21.6 Å². The standard InChI is InChI=1S/C24H23FO5S/c1-13-10-15(11-14(2)21(13)30-24(3,4)23(27)28)6-8-18(26)16-7-9-19(31-5)17-12-20(25)29-22(16)17/h6-12H,1-5H3,(H,27,28)/b8-6+. The van der Waals surface area contributed by atoms with Gasteiger partial charge in [-0.05, 0) is 81.0 Å². The molecule has 0 spiro atoms. The molecule has 31 heavy (non-hydrogen) atoms. The van der Waals surface area contributed by atoms with Crippen molar-refractivity contribution in [1.82, 2.24) is 0 Å². The number of carbonyl (C=O) groups is 2. The molecule has 5 nitrogen and oxygen atoms in total. The molecule has 0 atom stereocenters. The van der Waals surface area contributed by atoms with Gasteiger partial charge in [0.25, 0.3) is 6.01 Å². The monoisotopic (exact) mass is 442 g/mol. The van der Waals surface area contributed by atoms with Gasteiger partial charge in [-0.15, -0.1) is 11.8 Å². The molecule has 0 unspecified atom stereocenters. The molecule has 0 saturated carbocycles. The molecule has 7 heteroatoms. The third kappa shape index (κ3) is 4.66. The number of hydrogen-bond donors (Lipinski definition) is 1. The van der Waals surface area contributed by atoms with Crippen LogP contribution in [0.15, 0.2) is 45.7 Å². The van der Waals surface area contributed by atoms with Gasteiger partial charge in [-0.2, -0.15) is 4.39 Å². The highest BCUT2D eigenvalue weighted by molar-refractivity contribution is 7.98. The smallest absolute Gasteiger partial charge is 0.347 e. The predicted octanol–water partition coefficient (Wildman–Crippen LogP) is 6.05. The molecule has 0 radical (unpaired) electrons. The van der Waals surface area contributed by atoms with Crippen LogP contribution in [0.2, 0.25) is 0 Å². The summed E-state index contributed by atoms with van der Waals surface area (Å²) < 4.78 is 24.5. The summed E-state index contributed by atoms with van der Waals surface area (Å²) in [4.78, 5) is 25.0. The Morgan fingerprint density at radius 3 is 2.39 bits per heavy atom. The molecule has 2 aromatic carbocycles. The number of aliphatic carboxylic acids is 1. The summed E-state index contributed by atoms with van der Waals surface area (Å²) in [6, 6.07) is 7.57. The minimum atomic E-state index is -1.37. The van der Waals surface area contributed by atoms with Crippen molar-refractivity contribution in [2.75, 3.05) is 6.26 Å². The maximum absolute atomic E-state index is 13.7. The molecular formula is C24H23FO5S. The van der Waals surface area contributed by atoms with Gasteiger partial charge in [0.1, 0.15) is 11.3 Å². The van der Waals surface area contributed by atoms with Crippen molar-refractivity contribution >= 4 is 40.6 Å². The number of fused-ring (bicyclic) bond motifs is 1. The number of carbonyl (C=O) groups excluding carboxylic acids is 1. The van der Waals surface area contributed by atoms with Crippen LogP contribution in [0, 0.1) is 19.9 Å². The zero-order valence-corrected chi connectivity index (χ0v) is 18.7. The molecule has 0 aliphatic rings. The highest BCUT2D eigenvalue weighted by atomic mass is 32.2. The van der Waals surface area contributed by atoms with Crippen LogP contribution in [-0.4, -0.2) is 28.7 Å². The average molecular weight is 443 g/mol. The molecule has 162 valence electrons. The Kier molecular flexibility index (Phi) is 6.27. The van der Waals surface area contributed by atoms with Gasteiger partial charge >= 0.3 is 5.97 Å². The molecule has 1 N–H and O–H groups in total. The van der Waals surface area contributed by atoms with Gasteiger partial charge in [0.2, 0.25) is 0 Å². The number of halogens is 1. The zero-order valence-electron chi connectivity index (χ0n) is 17.9. The predicted molar refractivity (Wildman–Crippen MR) is 120 cm³/mol. The van der Waals surface area contributed by atoms with Crippen LogP contribution in [0.3, 0.4) is 0 Å². The van der Waals surface area contributed by atoms with Gasteiger partial charge in [0, 0.05) is 16.3 Å². The molecule has 0 bridgehead atoms. The molecule has 0 fully saturated rings. The summed E-state index contributed by atoms with van der Waals surface area (Å²) in [5, 5.41) is 9.86. The molecular weight excluding hydrogens is 419 g/mol. The second kappa shape index (κ2) is 8.59. The maximum atomic E-state index is 13.7.